The van der Waals surface area contributed by atoms with Crippen LogP contribution in [0.5, 0.6) is 0 Å². The number of hydrogen-bond donors (Lipinski definition) is 0. The summed E-state index contributed by atoms with van der Waals surface area (Å²) in [4.78, 5) is 50.3. The molecule has 6 heteroatoms. The number of ether oxygens (including phenoxy) is 1. The summed E-state index contributed by atoms with van der Waals surface area (Å²) < 4.78 is 18.7. The number of carbonyl (C=O) groups excluding carboxylic acids is 4. The van der Waals surface area contributed by atoms with Crippen LogP contribution in [0.2, 0.25) is 0 Å². The second kappa shape index (κ2) is 7.24. The average molecular weight is 388 g/mol. The number of Topliss-reactive ketones (excluding diaryl/α,β-unsaturated/α-hetero) is 1. The van der Waals surface area contributed by atoms with E-state index in [0.29, 0.717) is 0 Å². The van der Waals surface area contributed by atoms with E-state index in [1.165, 1.54) is 42.5 Å². The first-order valence-electron chi connectivity index (χ1n) is 8.75. The molecule has 29 heavy (non-hydrogen) atoms. The molecule has 0 amide bonds. The molecule has 0 fully saturated rings. The molecule has 1 aliphatic carbocycles. The molecule has 0 aromatic heterocycles. The summed E-state index contributed by atoms with van der Waals surface area (Å²) in [5, 5.41) is 0. The Kier molecular flexibility index (Phi) is 4.60. The second-order valence-electron chi connectivity index (χ2n) is 6.41. The lowest BCUT2D eigenvalue weighted by atomic mass is 9.82. The summed E-state index contributed by atoms with van der Waals surface area (Å²) in [5.74, 6) is -3.21. The van der Waals surface area contributed by atoms with Gasteiger partial charge in [0.05, 0.1) is 11.1 Å². The number of ketones is 3. The van der Waals surface area contributed by atoms with Gasteiger partial charge in [-0.25, -0.2) is 9.18 Å². The van der Waals surface area contributed by atoms with Crippen LogP contribution in [0.15, 0.2) is 66.7 Å². The Morgan fingerprint density at radius 3 is 2.03 bits per heavy atom. The van der Waals surface area contributed by atoms with E-state index < -0.39 is 30.0 Å². The maximum Gasteiger partial charge on any atom is 0.339 e. The van der Waals surface area contributed by atoms with Crippen molar-refractivity contribution in [1.29, 1.82) is 0 Å². The minimum absolute atomic E-state index is 0.0560. The van der Waals surface area contributed by atoms with E-state index in [9.17, 15) is 23.6 Å². The standard InChI is InChI=1S/C23H13FO5/c24-18-11-4-3-8-15(18)19(25)12-29-23(28)17-10-5-9-16-20(17)22(27)14-7-2-1-6-13(14)21(16)26/h1-11H,12H2. The van der Waals surface area contributed by atoms with Crippen LogP contribution in [0.3, 0.4) is 0 Å². The highest BCUT2D eigenvalue weighted by molar-refractivity contribution is 6.30. The Labute approximate surface area is 164 Å². The van der Waals surface area contributed by atoms with Gasteiger partial charge in [0.1, 0.15) is 5.82 Å². The molecule has 0 spiro atoms. The third-order valence-corrected chi connectivity index (χ3v) is 4.68. The van der Waals surface area contributed by atoms with E-state index >= 15 is 0 Å². The van der Waals surface area contributed by atoms with Gasteiger partial charge in [-0.15, -0.1) is 0 Å². The zero-order valence-corrected chi connectivity index (χ0v) is 15.0. The second-order valence-corrected chi connectivity index (χ2v) is 6.41. The fraction of sp³-hybridized carbons (Fsp3) is 0.0435. The first-order valence-corrected chi connectivity index (χ1v) is 8.75. The number of halogens is 1. The van der Waals surface area contributed by atoms with Crippen molar-refractivity contribution in [2.45, 2.75) is 0 Å². The molecule has 0 aliphatic heterocycles. The zero-order valence-electron chi connectivity index (χ0n) is 15.0. The van der Waals surface area contributed by atoms with Gasteiger partial charge in [-0.2, -0.15) is 0 Å². The maximum absolute atomic E-state index is 13.7. The molecule has 0 unspecified atom stereocenters. The summed E-state index contributed by atoms with van der Waals surface area (Å²) in [6.07, 6.45) is 0. The smallest absolute Gasteiger partial charge is 0.339 e. The zero-order chi connectivity index (χ0) is 20.5. The minimum atomic E-state index is -0.938. The van der Waals surface area contributed by atoms with E-state index in [2.05, 4.69) is 0 Å². The van der Waals surface area contributed by atoms with Gasteiger partial charge in [-0.1, -0.05) is 48.5 Å². The SMILES string of the molecule is O=C(COC(=O)c1cccc2c1C(=O)c1ccccc1C2=O)c1ccccc1F. The van der Waals surface area contributed by atoms with Crippen molar-refractivity contribution in [3.05, 3.63) is 106 Å². The highest BCUT2D eigenvalue weighted by Crippen LogP contribution is 2.29. The van der Waals surface area contributed by atoms with Gasteiger partial charge < -0.3 is 4.74 Å². The van der Waals surface area contributed by atoms with Gasteiger partial charge in [0.2, 0.25) is 5.78 Å². The van der Waals surface area contributed by atoms with E-state index in [0.717, 1.165) is 6.07 Å². The Morgan fingerprint density at radius 1 is 0.724 bits per heavy atom. The van der Waals surface area contributed by atoms with Crippen LogP contribution in [-0.2, 0) is 4.74 Å². The first kappa shape index (κ1) is 18.4. The van der Waals surface area contributed by atoms with E-state index in [1.807, 2.05) is 0 Å². The van der Waals surface area contributed by atoms with Crippen molar-refractivity contribution >= 4 is 23.3 Å². The van der Waals surface area contributed by atoms with Crippen LogP contribution in [0, 0.1) is 5.82 Å². The molecular formula is C23H13FO5. The molecule has 0 saturated carbocycles. The molecule has 5 nitrogen and oxygen atoms in total. The van der Waals surface area contributed by atoms with Crippen molar-refractivity contribution in [3.63, 3.8) is 0 Å². The number of fused-ring (bicyclic) bond motifs is 2. The topological polar surface area (TPSA) is 77.5 Å². The lowest BCUT2D eigenvalue weighted by Gasteiger charge is -2.19. The number of esters is 1. The van der Waals surface area contributed by atoms with Crippen molar-refractivity contribution < 1.29 is 28.3 Å². The molecule has 0 radical (unpaired) electrons. The van der Waals surface area contributed by atoms with E-state index in [-0.39, 0.29) is 39.2 Å². The fourth-order valence-electron chi connectivity index (χ4n) is 3.29. The molecule has 0 saturated heterocycles. The minimum Gasteiger partial charge on any atom is -0.454 e. The predicted molar refractivity (Wildman–Crippen MR) is 101 cm³/mol. The van der Waals surface area contributed by atoms with Crippen molar-refractivity contribution in [2.75, 3.05) is 6.61 Å². The third kappa shape index (κ3) is 3.14. The largest absolute Gasteiger partial charge is 0.454 e. The summed E-state index contributed by atoms with van der Waals surface area (Å²) >= 11 is 0. The van der Waals surface area contributed by atoms with Gasteiger partial charge in [-0.05, 0) is 18.2 Å². The maximum atomic E-state index is 13.7. The van der Waals surface area contributed by atoms with Gasteiger partial charge in [0, 0.05) is 22.3 Å². The van der Waals surface area contributed by atoms with Gasteiger partial charge in [-0.3, -0.25) is 14.4 Å². The quantitative estimate of drug-likeness (QED) is 0.394. The van der Waals surface area contributed by atoms with Crippen LogP contribution in [0.1, 0.15) is 52.6 Å². The Hall–Kier alpha value is -3.93. The van der Waals surface area contributed by atoms with Crippen molar-refractivity contribution in [1.82, 2.24) is 0 Å². The number of hydrogen-bond acceptors (Lipinski definition) is 5. The normalized spacial score (nSPS) is 12.2. The molecule has 3 aromatic rings. The average Bonchev–Trinajstić information content (AvgIpc) is 2.75. The lowest BCUT2D eigenvalue weighted by molar-refractivity contribution is 0.0471. The Balaban J connectivity index is 1.63. The third-order valence-electron chi connectivity index (χ3n) is 4.68. The van der Waals surface area contributed by atoms with Crippen molar-refractivity contribution in [3.8, 4) is 0 Å². The Bertz CT molecular complexity index is 1200. The molecule has 142 valence electrons. The van der Waals surface area contributed by atoms with E-state index in [1.54, 1.807) is 18.2 Å². The number of benzene rings is 3. The van der Waals surface area contributed by atoms with Crippen molar-refractivity contribution in [2.24, 2.45) is 0 Å². The lowest BCUT2D eigenvalue weighted by Crippen LogP contribution is -2.25. The van der Waals surface area contributed by atoms with E-state index in [4.69, 9.17) is 4.74 Å². The number of carbonyl (C=O) groups is 4. The Morgan fingerprint density at radius 2 is 1.31 bits per heavy atom. The molecule has 0 N–H and O–H groups in total. The molecule has 0 atom stereocenters. The van der Waals surface area contributed by atoms with Crippen LogP contribution in [-0.4, -0.2) is 29.9 Å². The highest BCUT2D eigenvalue weighted by atomic mass is 19.1. The van der Waals surface area contributed by atoms with Gasteiger partial charge >= 0.3 is 5.97 Å². The van der Waals surface area contributed by atoms with Crippen LogP contribution >= 0.6 is 0 Å². The highest BCUT2D eigenvalue weighted by Gasteiger charge is 2.33. The fourth-order valence-corrected chi connectivity index (χ4v) is 3.29. The van der Waals surface area contributed by atoms with Crippen LogP contribution in [0.4, 0.5) is 4.39 Å². The summed E-state index contributed by atoms with van der Waals surface area (Å²) in [6, 6.07) is 16.0. The van der Waals surface area contributed by atoms with Crippen LogP contribution < -0.4 is 0 Å². The molecular weight excluding hydrogens is 375 g/mol. The molecule has 0 bridgehead atoms. The molecule has 4 rings (SSSR count). The predicted octanol–water partition coefficient (Wildman–Crippen LogP) is 3.64. The molecule has 0 heterocycles. The number of rotatable bonds is 4. The summed E-state index contributed by atoms with van der Waals surface area (Å²) in [5.41, 5.74) is 0.202. The first-order chi connectivity index (χ1) is 14.0. The van der Waals surface area contributed by atoms with Gasteiger partial charge in [0.15, 0.2) is 18.2 Å². The summed E-state index contributed by atoms with van der Waals surface area (Å²) in [7, 11) is 0. The molecule has 1 aliphatic rings. The van der Waals surface area contributed by atoms with Gasteiger partial charge in [0.25, 0.3) is 0 Å². The van der Waals surface area contributed by atoms with Crippen LogP contribution in [0.25, 0.3) is 0 Å². The molecule has 3 aromatic carbocycles. The summed E-state index contributed by atoms with van der Waals surface area (Å²) in [6.45, 7) is -0.692. The monoisotopic (exact) mass is 388 g/mol.